The first-order chi connectivity index (χ1) is 23.8. The summed E-state index contributed by atoms with van der Waals surface area (Å²) >= 11 is 0. The number of aliphatic carboxylic acids is 1. The number of benzene rings is 2. The van der Waals surface area contributed by atoms with Crippen LogP contribution in [0.3, 0.4) is 0 Å². The fraction of sp³-hybridized carbons (Fsp3) is 0.605. The Hall–Kier alpha value is -3.61. The quantitative estimate of drug-likeness (QED) is 0.245. The van der Waals surface area contributed by atoms with Crippen molar-refractivity contribution in [3.8, 4) is 0 Å². The summed E-state index contributed by atoms with van der Waals surface area (Å²) in [5.41, 5.74) is 3.86. The molecule has 0 aromatic heterocycles. The number of nitrogens with one attached hydrogen (secondary N) is 1. The number of anilines is 1. The molecule has 7 rings (SSSR count). The zero-order valence-electron chi connectivity index (χ0n) is 30.4. The molecular formula is C43H56N2O5. The van der Waals surface area contributed by atoms with E-state index >= 15 is 0 Å². The van der Waals surface area contributed by atoms with Crippen molar-refractivity contribution in [2.45, 2.75) is 91.9 Å². The van der Waals surface area contributed by atoms with Gasteiger partial charge in [0, 0.05) is 18.8 Å². The number of hydrogen-bond acceptors (Lipinski definition) is 4. The number of fused-ring (bicyclic) bond motifs is 7. The van der Waals surface area contributed by atoms with Crippen LogP contribution in [0.5, 0.6) is 0 Å². The number of carboxylic acid groups (broad SMARTS) is 2. The predicted octanol–water partition coefficient (Wildman–Crippen LogP) is 8.55. The number of aromatic carboxylic acids is 1. The minimum Gasteiger partial charge on any atom is -0.480 e. The van der Waals surface area contributed by atoms with Gasteiger partial charge in [0.15, 0.2) is 0 Å². The third-order valence-electron chi connectivity index (χ3n) is 15.1. The van der Waals surface area contributed by atoms with Crippen molar-refractivity contribution >= 4 is 29.1 Å². The lowest BCUT2D eigenvalue weighted by Gasteiger charge is -2.68. The fourth-order valence-corrected chi connectivity index (χ4v) is 13.1. The molecule has 8 unspecified atom stereocenters. The molecule has 5 aliphatic rings. The molecule has 7 nitrogen and oxygen atoms in total. The molecule has 7 heteroatoms. The van der Waals surface area contributed by atoms with Crippen LogP contribution in [0, 0.1) is 51.2 Å². The first kappa shape index (κ1) is 34.8. The highest BCUT2D eigenvalue weighted by Crippen LogP contribution is 2.73. The minimum absolute atomic E-state index is 0.0122. The van der Waals surface area contributed by atoms with Crippen LogP contribution in [0.2, 0.25) is 0 Å². The van der Waals surface area contributed by atoms with E-state index in [1.54, 1.807) is 12.1 Å². The first-order valence-corrected chi connectivity index (χ1v) is 19.2. The molecule has 2 aromatic carbocycles. The average Bonchev–Trinajstić information content (AvgIpc) is 3.54. The van der Waals surface area contributed by atoms with Crippen LogP contribution in [0.25, 0.3) is 5.57 Å². The summed E-state index contributed by atoms with van der Waals surface area (Å²) in [4.78, 5) is 39.2. The Bertz CT molecular complexity index is 1650. The number of rotatable bonds is 9. The van der Waals surface area contributed by atoms with Crippen LogP contribution in [0.4, 0.5) is 5.69 Å². The van der Waals surface area contributed by atoms with Crippen molar-refractivity contribution < 1.29 is 24.6 Å². The lowest BCUT2D eigenvalue weighted by atomic mass is 9.36. The SMILES string of the molecule is CC1(C)C(c2ccc(C(=O)O)cc2)=CCC2(C)C1CCC1(C)C3CCC4(C(=O)NCCN(CC(=O)O)c5ccccc5)CCCC4C3CCC12. The highest BCUT2D eigenvalue weighted by atomic mass is 16.4. The maximum absolute atomic E-state index is 14.2. The highest BCUT2D eigenvalue weighted by Gasteiger charge is 2.66. The van der Waals surface area contributed by atoms with Gasteiger partial charge in [-0.25, -0.2) is 4.79 Å². The minimum atomic E-state index is -0.885. The van der Waals surface area contributed by atoms with Gasteiger partial charge in [-0.15, -0.1) is 0 Å². The molecule has 1 amide bonds. The monoisotopic (exact) mass is 680 g/mol. The maximum Gasteiger partial charge on any atom is 0.335 e. The van der Waals surface area contributed by atoms with E-state index in [4.69, 9.17) is 0 Å². The van der Waals surface area contributed by atoms with E-state index in [9.17, 15) is 24.6 Å². The Balaban J connectivity index is 1.07. The van der Waals surface area contributed by atoms with Gasteiger partial charge in [-0.05, 0) is 139 Å². The van der Waals surface area contributed by atoms with E-state index in [0.29, 0.717) is 48.2 Å². The highest BCUT2D eigenvalue weighted by molar-refractivity contribution is 5.88. The lowest BCUT2D eigenvalue weighted by molar-refractivity contribution is -0.181. The van der Waals surface area contributed by atoms with Gasteiger partial charge in [0.2, 0.25) is 5.91 Å². The van der Waals surface area contributed by atoms with E-state index in [1.807, 2.05) is 47.4 Å². The molecule has 4 fully saturated rings. The number of hydrogen-bond donors (Lipinski definition) is 3. The molecule has 0 aliphatic heterocycles. The van der Waals surface area contributed by atoms with Gasteiger partial charge in [0.1, 0.15) is 6.54 Å². The van der Waals surface area contributed by atoms with Gasteiger partial charge in [0.25, 0.3) is 0 Å². The Morgan fingerprint density at radius 3 is 2.24 bits per heavy atom. The molecule has 0 spiro atoms. The van der Waals surface area contributed by atoms with Crippen LogP contribution in [-0.4, -0.2) is 47.7 Å². The molecule has 3 N–H and O–H groups in total. The number of amides is 1. The zero-order chi connectivity index (χ0) is 35.5. The van der Waals surface area contributed by atoms with Gasteiger partial charge in [-0.1, -0.05) is 70.5 Å². The molecule has 0 saturated heterocycles. The van der Waals surface area contributed by atoms with Gasteiger partial charge >= 0.3 is 11.9 Å². The summed E-state index contributed by atoms with van der Waals surface area (Å²) in [6.07, 6.45) is 13.7. The zero-order valence-corrected chi connectivity index (χ0v) is 30.4. The number of carboxylic acids is 2. The molecule has 50 heavy (non-hydrogen) atoms. The lowest BCUT2D eigenvalue weighted by Crippen LogP contribution is -2.62. The molecule has 0 bridgehead atoms. The molecule has 8 atom stereocenters. The summed E-state index contributed by atoms with van der Waals surface area (Å²) < 4.78 is 0. The van der Waals surface area contributed by atoms with Crippen LogP contribution < -0.4 is 10.2 Å². The van der Waals surface area contributed by atoms with Crippen LogP contribution in [0.15, 0.2) is 60.7 Å². The third kappa shape index (κ3) is 5.58. The van der Waals surface area contributed by atoms with Crippen molar-refractivity contribution in [2.24, 2.45) is 51.2 Å². The number of para-hydroxylation sites is 1. The van der Waals surface area contributed by atoms with Gasteiger partial charge in [-0.2, -0.15) is 0 Å². The number of carbonyl (C=O) groups is 3. The summed E-state index contributed by atoms with van der Waals surface area (Å²) in [5.74, 6) is 1.29. The second kappa shape index (κ2) is 12.9. The van der Waals surface area contributed by atoms with E-state index in [1.165, 1.54) is 31.3 Å². The molecule has 0 heterocycles. The second-order valence-electron chi connectivity index (χ2n) is 17.5. The smallest absolute Gasteiger partial charge is 0.335 e. The van der Waals surface area contributed by atoms with E-state index < -0.39 is 11.9 Å². The summed E-state index contributed by atoms with van der Waals surface area (Å²) in [5, 5.41) is 22.3. The Kier molecular flexibility index (Phi) is 8.96. The second-order valence-corrected chi connectivity index (χ2v) is 17.5. The summed E-state index contributed by atoms with van der Waals surface area (Å²) in [6, 6.07) is 17.1. The topological polar surface area (TPSA) is 107 Å². The molecular weight excluding hydrogens is 624 g/mol. The Morgan fingerprint density at radius 2 is 1.54 bits per heavy atom. The van der Waals surface area contributed by atoms with Crippen molar-refractivity contribution in [1.82, 2.24) is 5.32 Å². The van der Waals surface area contributed by atoms with Crippen LogP contribution in [-0.2, 0) is 9.59 Å². The number of nitrogens with zero attached hydrogens (tertiary/aromatic N) is 1. The molecule has 4 saturated carbocycles. The van der Waals surface area contributed by atoms with Crippen LogP contribution >= 0.6 is 0 Å². The fourth-order valence-electron chi connectivity index (χ4n) is 13.1. The normalized spacial score (nSPS) is 35.4. The van der Waals surface area contributed by atoms with E-state index in [-0.39, 0.29) is 34.1 Å². The number of allylic oxidation sites excluding steroid dienone is 2. The van der Waals surface area contributed by atoms with Gasteiger partial charge in [-0.3, -0.25) is 9.59 Å². The van der Waals surface area contributed by atoms with Crippen molar-refractivity contribution in [2.75, 3.05) is 24.5 Å². The third-order valence-corrected chi connectivity index (χ3v) is 15.1. The first-order valence-electron chi connectivity index (χ1n) is 19.2. The number of carbonyl (C=O) groups excluding carboxylic acids is 1. The average molecular weight is 681 g/mol. The van der Waals surface area contributed by atoms with Gasteiger partial charge < -0.3 is 20.4 Å². The molecule has 5 aliphatic carbocycles. The van der Waals surface area contributed by atoms with Crippen molar-refractivity contribution in [1.29, 1.82) is 0 Å². The van der Waals surface area contributed by atoms with Gasteiger partial charge in [0.05, 0.1) is 11.0 Å². The van der Waals surface area contributed by atoms with E-state index in [0.717, 1.165) is 49.8 Å². The predicted molar refractivity (Wildman–Crippen MR) is 197 cm³/mol. The summed E-state index contributed by atoms with van der Waals surface area (Å²) in [7, 11) is 0. The standard InChI is InChI=1S/C43H56N2O5/c1-40(2)32(28-12-14-29(15-13-28)38(48)49)18-22-42(4)35(40)20-23-41(3)33-19-24-43(21-8-11-34(43)31(33)16-17-36(41)42)39(50)44-25-26-45(27-37(46)47)30-9-6-5-7-10-30/h5-7,9-10,12-15,18,31,33-36H,8,11,16-17,19-27H2,1-4H3,(H,44,50)(H,46,47)(H,48,49). The summed E-state index contributed by atoms with van der Waals surface area (Å²) in [6.45, 7) is 10.9. The van der Waals surface area contributed by atoms with Crippen molar-refractivity contribution in [3.63, 3.8) is 0 Å². The largest absolute Gasteiger partial charge is 0.480 e. The maximum atomic E-state index is 14.2. The Labute approximate surface area is 297 Å². The van der Waals surface area contributed by atoms with Crippen molar-refractivity contribution in [3.05, 3.63) is 71.8 Å². The molecule has 2 aromatic rings. The molecule has 0 radical (unpaired) electrons. The molecule has 268 valence electrons. The Morgan fingerprint density at radius 1 is 0.800 bits per heavy atom. The van der Waals surface area contributed by atoms with E-state index in [2.05, 4.69) is 39.1 Å². The van der Waals surface area contributed by atoms with Crippen LogP contribution in [0.1, 0.15) is 108 Å².